The first-order chi connectivity index (χ1) is 7.30. The Balaban J connectivity index is 0.000000162. The molecule has 1 saturated heterocycles. The van der Waals surface area contributed by atoms with Crippen molar-refractivity contribution in [1.82, 2.24) is 5.32 Å². The van der Waals surface area contributed by atoms with E-state index in [1.807, 2.05) is 43.3 Å². The van der Waals surface area contributed by atoms with Gasteiger partial charge in [0.2, 0.25) is 0 Å². The monoisotopic (exact) mass is 207 g/mol. The Kier molecular flexibility index (Phi) is 6.05. The van der Waals surface area contributed by atoms with Crippen molar-refractivity contribution in [3.63, 3.8) is 0 Å². The summed E-state index contributed by atoms with van der Waals surface area (Å²) in [7, 11) is 0. The molecule has 0 amide bonds. The van der Waals surface area contributed by atoms with Crippen LogP contribution in [-0.4, -0.2) is 23.8 Å². The highest BCUT2D eigenvalue weighted by Gasteiger charge is 2.16. The molecule has 0 radical (unpaired) electrons. The number of nitrogens with one attached hydrogen (secondary N) is 1. The summed E-state index contributed by atoms with van der Waals surface area (Å²) in [5, 5.41) is 12.4. The van der Waals surface area contributed by atoms with Crippen molar-refractivity contribution in [3.8, 4) is 0 Å². The van der Waals surface area contributed by atoms with Gasteiger partial charge in [-0.2, -0.15) is 0 Å². The van der Waals surface area contributed by atoms with Crippen molar-refractivity contribution >= 4 is 0 Å². The quantitative estimate of drug-likeness (QED) is 0.740. The van der Waals surface area contributed by atoms with Crippen molar-refractivity contribution in [2.24, 2.45) is 0 Å². The molecule has 84 valence electrons. The van der Waals surface area contributed by atoms with Gasteiger partial charge < -0.3 is 10.4 Å². The molecule has 2 N–H and O–H groups in total. The summed E-state index contributed by atoms with van der Waals surface area (Å²) in [6.07, 6.45) is 3.49. The van der Waals surface area contributed by atoms with Crippen LogP contribution >= 0.6 is 0 Å². The first kappa shape index (κ1) is 12.2. The summed E-state index contributed by atoms with van der Waals surface area (Å²) in [4.78, 5) is 0. The summed E-state index contributed by atoms with van der Waals surface area (Å²) in [5.41, 5.74) is 0. The van der Waals surface area contributed by atoms with E-state index in [4.69, 9.17) is 5.11 Å². The highest BCUT2D eigenvalue weighted by molar-refractivity contribution is 4.99. The zero-order valence-electron chi connectivity index (χ0n) is 9.39. The molecule has 1 aromatic carbocycles. The number of hydrogen-bond donors (Lipinski definition) is 2. The van der Waals surface area contributed by atoms with E-state index >= 15 is 0 Å². The van der Waals surface area contributed by atoms with E-state index in [2.05, 4.69) is 5.32 Å². The van der Waals surface area contributed by atoms with Gasteiger partial charge in [-0.15, -0.1) is 0 Å². The van der Waals surface area contributed by atoms with E-state index in [1.165, 1.54) is 12.8 Å². The lowest BCUT2D eigenvalue weighted by molar-refractivity contribution is 0.130. The molecule has 0 aliphatic carbocycles. The smallest absolute Gasteiger partial charge is 0.0665 e. The molecule has 2 nitrogen and oxygen atoms in total. The minimum Gasteiger partial charge on any atom is -0.392 e. The van der Waals surface area contributed by atoms with E-state index in [1.54, 1.807) is 0 Å². The summed E-state index contributed by atoms with van der Waals surface area (Å²) >= 11 is 0. The van der Waals surface area contributed by atoms with Gasteiger partial charge in [-0.1, -0.05) is 42.8 Å². The SMILES string of the molecule is CC(O)C1CCCCN1.c1ccccc1. The molecule has 1 fully saturated rings. The van der Waals surface area contributed by atoms with Gasteiger partial charge in [0.15, 0.2) is 0 Å². The van der Waals surface area contributed by atoms with E-state index in [0.29, 0.717) is 6.04 Å². The van der Waals surface area contributed by atoms with Gasteiger partial charge in [0.05, 0.1) is 6.10 Å². The minimum atomic E-state index is -0.176. The molecule has 0 aromatic heterocycles. The van der Waals surface area contributed by atoms with Crippen LogP contribution in [0.15, 0.2) is 36.4 Å². The summed E-state index contributed by atoms with van der Waals surface area (Å²) in [6, 6.07) is 12.4. The lowest BCUT2D eigenvalue weighted by atomic mass is 10.0. The Morgan fingerprint density at radius 2 is 1.60 bits per heavy atom. The average molecular weight is 207 g/mol. The van der Waals surface area contributed by atoms with Gasteiger partial charge in [-0.05, 0) is 26.3 Å². The van der Waals surface area contributed by atoms with Crippen LogP contribution in [0, 0.1) is 0 Å². The second-order valence-corrected chi connectivity index (χ2v) is 3.95. The molecule has 15 heavy (non-hydrogen) atoms. The molecule has 1 aliphatic heterocycles. The third kappa shape index (κ3) is 5.55. The molecule has 2 atom stereocenters. The van der Waals surface area contributed by atoms with Gasteiger partial charge in [-0.25, -0.2) is 0 Å². The first-order valence-corrected chi connectivity index (χ1v) is 5.72. The van der Waals surface area contributed by atoms with Crippen LogP contribution in [0.4, 0.5) is 0 Å². The fourth-order valence-corrected chi connectivity index (χ4v) is 1.68. The molecule has 1 heterocycles. The number of rotatable bonds is 1. The first-order valence-electron chi connectivity index (χ1n) is 5.72. The predicted octanol–water partition coefficient (Wildman–Crippen LogP) is 2.20. The van der Waals surface area contributed by atoms with E-state index < -0.39 is 0 Å². The maximum absolute atomic E-state index is 9.11. The molecule has 2 unspecified atom stereocenters. The van der Waals surface area contributed by atoms with Crippen molar-refractivity contribution in [1.29, 1.82) is 0 Å². The highest BCUT2D eigenvalue weighted by atomic mass is 16.3. The predicted molar refractivity (Wildman–Crippen MR) is 63.8 cm³/mol. The number of aliphatic hydroxyl groups excluding tert-OH is 1. The Labute approximate surface area is 92.3 Å². The van der Waals surface area contributed by atoms with Gasteiger partial charge in [0.1, 0.15) is 0 Å². The summed E-state index contributed by atoms with van der Waals surface area (Å²) in [6.45, 7) is 2.93. The van der Waals surface area contributed by atoms with Gasteiger partial charge in [0, 0.05) is 6.04 Å². The molecule has 0 bridgehead atoms. The second kappa shape index (κ2) is 7.43. The number of hydrogen-bond acceptors (Lipinski definition) is 2. The number of piperidine rings is 1. The van der Waals surface area contributed by atoms with Gasteiger partial charge in [0.25, 0.3) is 0 Å². The third-order valence-electron chi connectivity index (χ3n) is 2.60. The molecule has 0 saturated carbocycles. The Morgan fingerprint density at radius 3 is 1.87 bits per heavy atom. The van der Waals surface area contributed by atoms with Gasteiger partial charge >= 0.3 is 0 Å². The van der Waals surface area contributed by atoms with Crippen molar-refractivity contribution in [2.75, 3.05) is 6.54 Å². The molecular weight excluding hydrogens is 186 g/mol. The Morgan fingerprint density at radius 1 is 1.07 bits per heavy atom. The standard InChI is InChI=1S/C7H15NO.C6H6/c1-6(9)7-4-2-3-5-8-7;1-2-4-6-5-3-1/h6-9H,2-5H2,1H3;1-6H. The fourth-order valence-electron chi connectivity index (χ4n) is 1.68. The minimum absolute atomic E-state index is 0.176. The van der Waals surface area contributed by atoms with Crippen LogP contribution in [0.5, 0.6) is 0 Å². The van der Waals surface area contributed by atoms with E-state index in [-0.39, 0.29) is 6.10 Å². The zero-order valence-corrected chi connectivity index (χ0v) is 9.39. The zero-order chi connectivity index (χ0) is 10.9. The Hall–Kier alpha value is -0.860. The van der Waals surface area contributed by atoms with Crippen LogP contribution < -0.4 is 5.32 Å². The maximum atomic E-state index is 9.11. The average Bonchev–Trinajstić information content (AvgIpc) is 2.33. The van der Waals surface area contributed by atoms with Crippen molar-refractivity contribution < 1.29 is 5.11 Å². The van der Waals surface area contributed by atoms with Crippen molar-refractivity contribution in [3.05, 3.63) is 36.4 Å². The number of aliphatic hydroxyl groups is 1. The number of benzene rings is 1. The maximum Gasteiger partial charge on any atom is 0.0665 e. The van der Waals surface area contributed by atoms with Crippen LogP contribution in [0.3, 0.4) is 0 Å². The summed E-state index contributed by atoms with van der Waals surface area (Å²) < 4.78 is 0. The summed E-state index contributed by atoms with van der Waals surface area (Å²) in [5.74, 6) is 0. The topological polar surface area (TPSA) is 32.3 Å². The lowest BCUT2D eigenvalue weighted by Gasteiger charge is -2.25. The third-order valence-corrected chi connectivity index (χ3v) is 2.60. The molecule has 0 spiro atoms. The van der Waals surface area contributed by atoms with E-state index in [9.17, 15) is 0 Å². The molecule has 1 aliphatic rings. The van der Waals surface area contributed by atoms with Crippen LogP contribution in [0.25, 0.3) is 0 Å². The highest BCUT2D eigenvalue weighted by Crippen LogP contribution is 2.09. The molecule has 1 aromatic rings. The van der Waals surface area contributed by atoms with Gasteiger partial charge in [-0.3, -0.25) is 0 Å². The molecular formula is C13H21NO. The van der Waals surface area contributed by atoms with E-state index in [0.717, 1.165) is 13.0 Å². The Bertz CT molecular complexity index is 203. The second-order valence-electron chi connectivity index (χ2n) is 3.95. The fraction of sp³-hybridized carbons (Fsp3) is 0.538. The van der Waals surface area contributed by atoms with Crippen molar-refractivity contribution in [2.45, 2.75) is 38.3 Å². The normalized spacial score (nSPS) is 22.4. The van der Waals surface area contributed by atoms with Crippen LogP contribution in [-0.2, 0) is 0 Å². The molecule has 2 heteroatoms. The van der Waals surface area contributed by atoms with Crippen LogP contribution in [0.1, 0.15) is 26.2 Å². The van der Waals surface area contributed by atoms with Crippen LogP contribution in [0.2, 0.25) is 0 Å². The molecule has 2 rings (SSSR count). The largest absolute Gasteiger partial charge is 0.392 e. The lowest BCUT2D eigenvalue weighted by Crippen LogP contribution is -2.41.